The molecule has 0 radical (unpaired) electrons. The lowest BCUT2D eigenvalue weighted by Gasteiger charge is -2.73. The monoisotopic (exact) mass is 912 g/mol. The highest BCUT2D eigenvalue weighted by Crippen LogP contribution is 2.74. The van der Waals surface area contributed by atoms with E-state index in [1.807, 2.05) is 26.0 Å². The van der Waals surface area contributed by atoms with Crippen LogP contribution in [0, 0.1) is 45.3 Å². The summed E-state index contributed by atoms with van der Waals surface area (Å²) >= 11 is 0. The van der Waals surface area contributed by atoms with Gasteiger partial charge in [0.15, 0.2) is 11.6 Å². The minimum Gasteiger partial charge on any atom is -0.431 e. The zero-order valence-electron chi connectivity index (χ0n) is 38.8. The lowest BCUT2D eigenvalue weighted by Crippen LogP contribution is -2.78. The van der Waals surface area contributed by atoms with E-state index in [2.05, 4.69) is 27.7 Å². The molecule has 14 nitrogen and oxygen atoms in total. The first-order valence-corrected chi connectivity index (χ1v) is 24.2. The minimum absolute atomic E-state index is 0. The number of carbonyl (C=O) groups is 2. The molecular formula is C52H64O14. The molecule has 14 aliphatic rings. The van der Waals surface area contributed by atoms with Gasteiger partial charge in [0.1, 0.15) is 0 Å². The molecule has 0 amide bonds. The van der Waals surface area contributed by atoms with Crippen LogP contribution in [-0.2, 0) is 38.0 Å². The van der Waals surface area contributed by atoms with Gasteiger partial charge in [0.2, 0.25) is 0 Å². The number of ether oxygens (including phenoxy) is 6. The molecule has 0 unspecified atom stereocenters. The Hall–Kier alpha value is -3.60. The van der Waals surface area contributed by atoms with Gasteiger partial charge in [-0.2, -0.15) is 0 Å². The van der Waals surface area contributed by atoms with Gasteiger partial charge in [-0.3, -0.25) is 9.59 Å². The summed E-state index contributed by atoms with van der Waals surface area (Å²) in [6, 6.07) is 6.37. The van der Waals surface area contributed by atoms with Crippen LogP contribution in [0.1, 0.15) is 142 Å². The second-order valence-corrected chi connectivity index (χ2v) is 23.1. The average molecular weight is 913 g/mol. The summed E-state index contributed by atoms with van der Waals surface area (Å²) in [5, 5.41) is 0. The molecule has 12 fully saturated rings. The van der Waals surface area contributed by atoms with E-state index >= 15 is 0 Å². The molecule has 6 aliphatic heterocycles. The van der Waals surface area contributed by atoms with E-state index in [9.17, 15) is 19.2 Å². The topological polar surface area (TPSA) is 213 Å². The minimum atomic E-state index is -0.910. The molecule has 8 aliphatic carbocycles. The Balaban J connectivity index is 0.000000142. The second kappa shape index (κ2) is 14.0. The van der Waals surface area contributed by atoms with Crippen LogP contribution in [0.4, 0.5) is 0 Å². The van der Waals surface area contributed by atoms with Crippen LogP contribution in [0.2, 0.25) is 0 Å². The largest absolute Gasteiger partial charge is 0.431 e. The zero-order chi connectivity index (χ0) is 44.2. The smallest absolute Gasteiger partial charge is 0.335 e. The molecule has 8 bridgehead atoms. The standard InChI is InChI=1S/2C26H30O6.2H2O/c2*1-23-8-7-17-16(18(23)11-19(27)22(23)14-4-5-21(28)29-13-14)6-9-26-12-15-10-20(24(17,26)2)31-25(3,30-15)32-26;;/h2*4-5,11,13,15-17,20,22H,6-10,12H2,1-3H3;2*1H2/t2*15-,16+,17-,20+,22-,23-,24-,25+,26-;;/m00../s1. The fraction of sp³-hybridized carbons (Fsp3) is 0.692. The molecule has 16 rings (SSSR count). The van der Waals surface area contributed by atoms with E-state index < -0.39 is 11.9 Å². The number of ketones is 2. The maximum atomic E-state index is 13.3. The van der Waals surface area contributed by atoms with Gasteiger partial charge in [0, 0.05) is 73.3 Å². The maximum Gasteiger partial charge on any atom is 0.335 e. The second-order valence-electron chi connectivity index (χ2n) is 23.1. The zero-order valence-corrected chi connectivity index (χ0v) is 38.8. The van der Waals surface area contributed by atoms with Crippen LogP contribution >= 0.6 is 0 Å². The van der Waals surface area contributed by atoms with Crippen LogP contribution in [0.3, 0.4) is 0 Å². The van der Waals surface area contributed by atoms with Crippen LogP contribution < -0.4 is 11.3 Å². The molecule has 2 spiro atoms. The Morgan fingerprint density at radius 1 is 0.515 bits per heavy atom. The van der Waals surface area contributed by atoms with E-state index in [-0.39, 0.29) is 103 Å². The normalized spacial score (nSPS) is 51.3. The third kappa shape index (κ3) is 5.52. The highest BCUT2D eigenvalue weighted by molar-refractivity contribution is 6.01. The van der Waals surface area contributed by atoms with E-state index in [4.69, 9.17) is 37.3 Å². The number of rotatable bonds is 2. The van der Waals surface area contributed by atoms with Gasteiger partial charge >= 0.3 is 11.3 Å². The molecular weight excluding hydrogens is 849 g/mol. The summed E-state index contributed by atoms with van der Waals surface area (Å²) in [6.45, 7) is 13.1. The van der Waals surface area contributed by atoms with Gasteiger partial charge in [-0.05, 0) is 110 Å². The first kappa shape index (κ1) is 44.9. The third-order valence-electron chi connectivity index (χ3n) is 20.5. The van der Waals surface area contributed by atoms with Crippen molar-refractivity contribution >= 4 is 11.6 Å². The molecule has 6 saturated heterocycles. The first-order valence-electron chi connectivity index (χ1n) is 24.2. The van der Waals surface area contributed by atoms with Gasteiger partial charge in [-0.1, -0.05) is 38.8 Å². The highest BCUT2D eigenvalue weighted by atomic mass is 16.9. The number of hydrogen-bond acceptors (Lipinski definition) is 12. The molecule has 0 aromatic carbocycles. The van der Waals surface area contributed by atoms with Crippen LogP contribution in [0.15, 0.2) is 78.5 Å². The predicted octanol–water partition coefficient (Wildman–Crippen LogP) is 6.52. The Morgan fingerprint density at radius 3 is 1.29 bits per heavy atom. The van der Waals surface area contributed by atoms with Gasteiger partial charge in [0.25, 0.3) is 11.9 Å². The predicted molar refractivity (Wildman–Crippen MR) is 235 cm³/mol. The molecule has 2 aromatic heterocycles. The molecule has 356 valence electrons. The summed E-state index contributed by atoms with van der Waals surface area (Å²) < 4.78 is 48.5. The van der Waals surface area contributed by atoms with Crippen molar-refractivity contribution < 1.29 is 57.8 Å². The fourth-order valence-corrected chi connectivity index (χ4v) is 17.9. The summed E-state index contributed by atoms with van der Waals surface area (Å²) in [6.07, 6.45) is 19.2. The van der Waals surface area contributed by atoms with Crippen LogP contribution in [0.5, 0.6) is 0 Å². The molecule has 18 atom stereocenters. The summed E-state index contributed by atoms with van der Waals surface area (Å²) in [4.78, 5) is 49.6. The fourth-order valence-electron chi connectivity index (χ4n) is 17.9. The number of fused-ring (bicyclic) bond motifs is 6. The SMILES string of the molecule is C[C@@]12O[C@H]3C[C@@H](O1)[C@]1(C)[C@H]4CC[C@@]5(C)C(=CC(=O)[C@@H]5c5ccc(=O)oc5)[C@@H]4CC[C@@]1(C3)O2.C[C@@]12O[C@H]3C[C@@H](O1)[C@]1(C)[C@H]4CC[C@@]5(C)C(=CC(=O)[C@@H]5c5ccc(=O)oc5)[C@@H]4CC[C@@]1(C3)O2.O.O. The molecule has 14 heteroatoms. The molecule has 4 N–H and O–H groups in total. The van der Waals surface area contributed by atoms with Crippen molar-refractivity contribution in [3.8, 4) is 0 Å². The first-order chi connectivity index (χ1) is 30.3. The van der Waals surface area contributed by atoms with E-state index in [1.165, 1.54) is 35.8 Å². The maximum absolute atomic E-state index is 13.3. The number of carbonyl (C=O) groups excluding carboxylic acids is 2. The van der Waals surface area contributed by atoms with Crippen molar-refractivity contribution in [2.24, 2.45) is 45.3 Å². The van der Waals surface area contributed by atoms with E-state index in [1.54, 1.807) is 12.1 Å². The Labute approximate surface area is 383 Å². The van der Waals surface area contributed by atoms with E-state index in [0.717, 1.165) is 88.2 Å². The van der Waals surface area contributed by atoms with Gasteiger partial charge in [-0.25, -0.2) is 9.59 Å². The molecule has 2 aromatic rings. The van der Waals surface area contributed by atoms with Crippen molar-refractivity contribution in [2.75, 3.05) is 0 Å². The van der Waals surface area contributed by atoms with Gasteiger partial charge in [0.05, 0.1) is 60.0 Å². The Morgan fingerprint density at radius 2 is 0.924 bits per heavy atom. The molecule has 6 saturated carbocycles. The van der Waals surface area contributed by atoms with Crippen LogP contribution in [-0.4, -0.2) is 70.1 Å². The summed E-state index contributed by atoms with van der Waals surface area (Å²) in [5.74, 6) is -0.538. The highest BCUT2D eigenvalue weighted by Gasteiger charge is 2.77. The average Bonchev–Trinajstić information content (AvgIpc) is 3.66. The lowest BCUT2D eigenvalue weighted by molar-refractivity contribution is -0.547. The van der Waals surface area contributed by atoms with Crippen molar-refractivity contribution in [2.45, 2.75) is 178 Å². The Bertz CT molecular complexity index is 2380. The third-order valence-corrected chi connectivity index (χ3v) is 20.5. The molecule has 66 heavy (non-hydrogen) atoms. The van der Waals surface area contributed by atoms with Gasteiger partial charge in [-0.15, -0.1) is 0 Å². The number of allylic oxidation sites excluding steroid dienone is 4. The van der Waals surface area contributed by atoms with Crippen molar-refractivity contribution in [1.29, 1.82) is 0 Å². The quantitative estimate of drug-likeness (QED) is 0.315. The van der Waals surface area contributed by atoms with E-state index in [0.29, 0.717) is 23.7 Å². The Kier molecular flexibility index (Phi) is 9.53. The summed E-state index contributed by atoms with van der Waals surface area (Å²) in [7, 11) is 0. The van der Waals surface area contributed by atoms with Crippen molar-refractivity contribution in [3.05, 3.63) is 92.1 Å². The lowest BCUT2D eigenvalue weighted by atomic mass is 9.42. The molecule has 8 heterocycles. The van der Waals surface area contributed by atoms with Crippen molar-refractivity contribution in [3.63, 3.8) is 0 Å². The van der Waals surface area contributed by atoms with Gasteiger partial charge < -0.3 is 48.2 Å². The summed E-state index contributed by atoms with van der Waals surface area (Å²) in [5.41, 5.74) is 2.40. The van der Waals surface area contributed by atoms with Crippen molar-refractivity contribution in [1.82, 2.24) is 0 Å². The number of hydrogen-bond donors (Lipinski definition) is 0. The van der Waals surface area contributed by atoms with Crippen LogP contribution in [0.25, 0.3) is 0 Å².